The average Bonchev–Trinajstić information content (AvgIpc) is 2.85. The first-order valence-electron chi connectivity index (χ1n) is 8.18. The molecule has 3 rings (SSSR count). The summed E-state index contributed by atoms with van der Waals surface area (Å²) in [7, 11) is -2.53. The van der Waals surface area contributed by atoms with Crippen molar-refractivity contribution < 1.29 is 4.21 Å². The van der Waals surface area contributed by atoms with Crippen LogP contribution in [0.5, 0.6) is 0 Å². The van der Waals surface area contributed by atoms with Crippen LogP contribution in [0, 0.1) is 0 Å². The van der Waals surface area contributed by atoms with Crippen molar-refractivity contribution in [2.24, 2.45) is 4.36 Å². The Morgan fingerprint density at radius 3 is 2.52 bits per heavy atom. The summed E-state index contributed by atoms with van der Waals surface area (Å²) >= 11 is 7.24. The summed E-state index contributed by atoms with van der Waals surface area (Å²) in [5.41, 5.74) is 1.09. The number of hydrogen-bond donors (Lipinski definition) is 0. The zero-order chi connectivity index (χ0) is 18.0. The van der Waals surface area contributed by atoms with Crippen molar-refractivity contribution in [3.05, 3.63) is 57.5 Å². The highest BCUT2D eigenvalue weighted by atomic mass is 79.9. The van der Waals surface area contributed by atoms with Gasteiger partial charge in [-0.25, -0.2) is 4.21 Å². The first-order chi connectivity index (χ1) is 11.9. The van der Waals surface area contributed by atoms with Crippen molar-refractivity contribution in [3.63, 3.8) is 0 Å². The van der Waals surface area contributed by atoms with Gasteiger partial charge in [0, 0.05) is 27.6 Å². The summed E-state index contributed by atoms with van der Waals surface area (Å²) in [6.07, 6.45) is 3.83. The van der Waals surface area contributed by atoms with Gasteiger partial charge in [0.1, 0.15) is 0 Å². The van der Waals surface area contributed by atoms with Crippen LogP contribution in [0.4, 0.5) is 5.82 Å². The number of aryl methyl sites for hydroxylation is 1. The van der Waals surface area contributed by atoms with Gasteiger partial charge in [-0.2, -0.15) is 4.36 Å². The molecule has 0 bridgehead atoms. The van der Waals surface area contributed by atoms with E-state index in [1.54, 1.807) is 6.26 Å². The van der Waals surface area contributed by atoms with Gasteiger partial charge in [-0.3, -0.25) is 0 Å². The summed E-state index contributed by atoms with van der Waals surface area (Å²) in [6, 6.07) is 15.6. The maximum atomic E-state index is 13.3. The van der Waals surface area contributed by atoms with E-state index in [1.165, 1.54) is 0 Å². The summed E-state index contributed by atoms with van der Waals surface area (Å²) in [4.78, 5) is 0.746. The van der Waals surface area contributed by atoms with Crippen molar-refractivity contribution in [2.75, 3.05) is 6.26 Å². The standard InChI is InChI=1S/C19H20Br2N2OS/c1-3-4-12-23-17-13-14(20)10-11-16(17)18(21)19(23)22-25(2,24)15-8-6-5-7-9-15/h5-11,13H,3-4,12H2,1-2H3. The molecule has 2 aromatic carbocycles. The number of hydrogen-bond acceptors (Lipinski definition) is 2. The molecule has 1 aromatic heterocycles. The minimum Gasteiger partial charge on any atom is -0.324 e. The number of benzene rings is 2. The smallest absolute Gasteiger partial charge is 0.158 e. The lowest BCUT2D eigenvalue weighted by molar-refractivity contribution is 0.650. The van der Waals surface area contributed by atoms with Gasteiger partial charge in [-0.05, 0) is 46.6 Å². The topological polar surface area (TPSA) is 34.4 Å². The molecule has 1 heterocycles. The summed E-state index contributed by atoms with van der Waals surface area (Å²) in [5, 5.41) is 1.08. The van der Waals surface area contributed by atoms with Crippen LogP contribution < -0.4 is 0 Å². The Bertz CT molecular complexity index is 1020. The predicted octanol–water partition coefficient (Wildman–Crippen LogP) is 6.75. The van der Waals surface area contributed by atoms with E-state index < -0.39 is 9.73 Å². The van der Waals surface area contributed by atoms with E-state index in [2.05, 4.69) is 55.5 Å². The maximum absolute atomic E-state index is 13.3. The molecule has 0 aliphatic carbocycles. The molecule has 0 N–H and O–H groups in total. The van der Waals surface area contributed by atoms with Crippen LogP contribution in [0.15, 0.2) is 66.7 Å². The fourth-order valence-corrected chi connectivity index (χ4v) is 5.18. The Morgan fingerprint density at radius 1 is 1.12 bits per heavy atom. The SMILES string of the molecule is CCCCn1c(N=S(C)(=O)c2ccccc2)c(Br)c2ccc(Br)cc21. The molecular weight excluding hydrogens is 464 g/mol. The molecule has 0 fully saturated rings. The van der Waals surface area contributed by atoms with E-state index in [0.717, 1.165) is 49.9 Å². The van der Waals surface area contributed by atoms with Gasteiger partial charge in [0.2, 0.25) is 0 Å². The lowest BCUT2D eigenvalue weighted by Crippen LogP contribution is -2.01. The van der Waals surface area contributed by atoms with Crippen LogP contribution in [0.25, 0.3) is 10.9 Å². The summed E-state index contributed by atoms with van der Waals surface area (Å²) in [5.74, 6) is 0.748. The van der Waals surface area contributed by atoms with Crippen molar-refractivity contribution >= 4 is 58.3 Å². The monoisotopic (exact) mass is 482 g/mol. The molecule has 0 amide bonds. The quantitative estimate of drug-likeness (QED) is 0.394. The maximum Gasteiger partial charge on any atom is 0.158 e. The van der Waals surface area contributed by atoms with E-state index in [0.29, 0.717) is 0 Å². The Morgan fingerprint density at radius 2 is 1.84 bits per heavy atom. The molecule has 132 valence electrons. The number of unbranched alkanes of at least 4 members (excludes halogenated alkanes) is 1. The van der Waals surface area contributed by atoms with Crippen molar-refractivity contribution in [1.82, 2.24) is 4.57 Å². The zero-order valence-electron chi connectivity index (χ0n) is 14.2. The first kappa shape index (κ1) is 18.7. The Balaban J connectivity index is 2.26. The first-order valence-corrected chi connectivity index (χ1v) is 11.7. The summed E-state index contributed by atoms with van der Waals surface area (Å²) < 4.78 is 22.1. The van der Waals surface area contributed by atoms with E-state index in [-0.39, 0.29) is 0 Å². The second-order valence-electron chi connectivity index (χ2n) is 6.01. The molecule has 3 nitrogen and oxygen atoms in total. The molecule has 0 spiro atoms. The van der Waals surface area contributed by atoms with E-state index in [4.69, 9.17) is 4.36 Å². The van der Waals surface area contributed by atoms with Crippen LogP contribution in [0.1, 0.15) is 19.8 Å². The van der Waals surface area contributed by atoms with Crippen LogP contribution in [0.2, 0.25) is 0 Å². The largest absolute Gasteiger partial charge is 0.324 e. The third-order valence-electron chi connectivity index (χ3n) is 4.12. The molecule has 3 aromatic rings. The molecule has 0 aliphatic heterocycles. The molecule has 0 aliphatic rings. The fourth-order valence-electron chi connectivity index (χ4n) is 2.79. The molecular formula is C19H20Br2N2OS. The second-order valence-corrected chi connectivity index (χ2v) is 9.98. The van der Waals surface area contributed by atoms with Gasteiger partial charge >= 0.3 is 0 Å². The lowest BCUT2D eigenvalue weighted by atomic mass is 10.2. The van der Waals surface area contributed by atoms with Gasteiger partial charge in [-0.1, -0.05) is 53.5 Å². The second kappa shape index (κ2) is 7.64. The minimum absolute atomic E-state index is 0.746. The van der Waals surface area contributed by atoms with Crippen LogP contribution >= 0.6 is 31.9 Å². The van der Waals surface area contributed by atoms with Crippen molar-refractivity contribution in [1.29, 1.82) is 0 Å². The zero-order valence-corrected chi connectivity index (χ0v) is 18.2. The van der Waals surface area contributed by atoms with Gasteiger partial charge < -0.3 is 4.57 Å². The molecule has 1 atom stereocenters. The van der Waals surface area contributed by atoms with E-state index in [1.807, 2.05) is 36.4 Å². The Hall–Kier alpha value is -1.11. The number of nitrogens with zero attached hydrogens (tertiary/aromatic N) is 2. The molecule has 0 saturated carbocycles. The van der Waals surface area contributed by atoms with Gasteiger partial charge in [-0.15, -0.1) is 0 Å². The highest BCUT2D eigenvalue weighted by molar-refractivity contribution is 9.11. The van der Waals surface area contributed by atoms with Gasteiger partial charge in [0.15, 0.2) is 5.82 Å². The molecule has 1 unspecified atom stereocenters. The fraction of sp³-hybridized carbons (Fsp3) is 0.263. The number of aromatic nitrogens is 1. The van der Waals surface area contributed by atoms with E-state index >= 15 is 0 Å². The number of rotatable bonds is 5. The van der Waals surface area contributed by atoms with Crippen molar-refractivity contribution in [2.45, 2.75) is 31.2 Å². The minimum atomic E-state index is -2.53. The Labute approximate surface area is 165 Å². The third-order valence-corrected chi connectivity index (χ3v) is 7.06. The molecule has 6 heteroatoms. The lowest BCUT2D eigenvalue weighted by Gasteiger charge is -2.10. The van der Waals surface area contributed by atoms with E-state index in [9.17, 15) is 4.21 Å². The van der Waals surface area contributed by atoms with Crippen molar-refractivity contribution in [3.8, 4) is 0 Å². The number of fused-ring (bicyclic) bond motifs is 1. The molecule has 0 saturated heterocycles. The van der Waals surface area contributed by atoms with Gasteiger partial charge in [0.25, 0.3) is 0 Å². The highest BCUT2D eigenvalue weighted by Gasteiger charge is 2.17. The molecule has 25 heavy (non-hydrogen) atoms. The summed E-state index contributed by atoms with van der Waals surface area (Å²) in [6.45, 7) is 3.01. The third kappa shape index (κ3) is 3.86. The Kier molecular flexibility index (Phi) is 5.71. The molecule has 0 radical (unpaired) electrons. The van der Waals surface area contributed by atoms with Gasteiger partial charge in [0.05, 0.1) is 19.7 Å². The average molecular weight is 484 g/mol. The highest BCUT2D eigenvalue weighted by Crippen LogP contribution is 2.39. The number of halogens is 2. The predicted molar refractivity (Wildman–Crippen MR) is 113 cm³/mol. The van der Waals surface area contributed by atoms with Crippen LogP contribution in [-0.4, -0.2) is 15.0 Å². The van der Waals surface area contributed by atoms with Crippen LogP contribution in [-0.2, 0) is 16.3 Å². The normalized spacial score (nSPS) is 13.8. The van der Waals surface area contributed by atoms with Crippen LogP contribution in [0.3, 0.4) is 0 Å².